The van der Waals surface area contributed by atoms with Gasteiger partial charge in [-0.15, -0.1) is 11.3 Å². The standard InChI is InChI=1S/C20H15N3O8S2/c1-11-9-32-20(21-11)33-17-3-2-12(6-16(17)23(27)28)19(24)30-8-14-5-15(22(25)26)4-13-7-29-10-31-18(13)14/h2-6,9H,7-8,10H2,1H3. The van der Waals surface area contributed by atoms with Crippen LogP contribution in [0.5, 0.6) is 5.75 Å². The summed E-state index contributed by atoms with van der Waals surface area (Å²) in [5, 5.41) is 24.6. The van der Waals surface area contributed by atoms with Crippen molar-refractivity contribution in [1.29, 1.82) is 0 Å². The van der Waals surface area contributed by atoms with Gasteiger partial charge in [-0.05, 0) is 19.1 Å². The lowest BCUT2D eigenvalue weighted by Crippen LogP contribution is -2.15. The van der Waals surface area contributed by atoms with Gasteiger partial charge in [-0.25, -0.2) is 9.78 Å². The number of non-ortho nitro benzene ring substituents is 1. The summed E-state index contributed by atoms with van der Waals surface area (Å²) in [5.74, 6) is -0.455. The number of hydrogen-bond donors (Lipinski definition) is 0. The predicted molar refractivity (Wildman–Crippen MR) is 117 cm³/mol. The Morgan fingerprint density at radius 3 is 2.76 bits per heavy atom. The Kier molecular flexibility index (Phi) is 6.53. The van der Waals surface area contributed by atoms with Crippen LogP contribution in [-0.4, -0.2) is 27.6 Å². The lowest BCUT2D eigenvalue weighted by molar-refractivity contribution is -0.387. The van der Waals surface area contributed by atoms with Crippen molar-refractivity contribution < 1.29 is 28.9 Å². The monoisotopic (exact) mass is 489 g/mol. The molecular formula is C20H15N3O8S2. The second-order valence-electron chi connectivity index (χ2n) is 6.83. The molecule has 0 aliphatic carbocycles. The molecule has 0 fully saturated rings. The normalized spacial score (nSPS) is 12.5. The fraction of sp³-hybridized carbons (Fsp3) is 0.200. The number of benzene rings is 2. The van der Waals surface area contributed by atoms with Gasteiger partial charge in [0.2, 0.25) is 0 Å². The summed E-state index contributed by atoms with van der Waals surface area (Å²) in [4.78, 5) is 38.8. The third-order valence-electron chi connectivity index (χ3n) is 4.53. The SMILES string of the molecule is Cc1csc(Sc2ccc(C(=O)OCc3cc([N+](=O)[O-])cc4c3OCOC4)cc2[N+](=O)[O-])n1. The van der Waals surface area contributed by atoms with Gasteiger partial charge in [0.15, 0.2) is 11.1 Å². The van der Waals surface area contributed by atoms with Crippen molar-refractivity contribution >= 4 is 40.4 Å². The molecule has 0 spiro atoms. The van der Waals surface area contributed by atoms with Crippen molar-refractivity contribution in [2.24, 2.45) is 0 Å². The van der Waals surface area contributed by atoms with Crippen molar-refractivity contribution in [2.45, 2.75) is 29.4 Å². The fourth-order valence-electron chi connectivity index (χ4n) is 3.07. The highest BCUT2D eigenvalue weighted by Gasteiger charge is 2.23. The molecular weight excluding hydrogens is 474 g/mol. The first-order chi connectivity index (χ1) is 15.8. The van der Waals surface area contributed by atoms with Gasteiger partial charge < -0.3 is 14.2 Å². The maximum Gasteiger partial charge on any atom is 0.338 e. The summed E-state index contributed by atoms with van der Waals surface area (Å²) in [7, 11) is 0. The van der Waals surface area contributed by atoms with E-state index in [1.165, 1.54) is 35.6 Å². The number of nitro groups is 2. The van der Waals surface area contributed by atoms with Crippen LogP contribution in [0.2, 0.25) is 0 Å². The van der Waals surface area contributed by atoms with E-state index < -0.39 is 15.8 Å². The minimum Gasteiger partial charge on any atom is -0.467 e. The second-order valence-corrected chi connectivity index (χ2v) is 8.98. The molecule has 3 aromatic rings. The average molecular weight is 489 g/mol. The third-order valence-corrected chi connectivity index (χ3v) is 6.65. The summed E-state index contributed by atoms with van der Waals surface area (Å²) in [5.41, 5.74) is 1.11. The van der Waals surface area contributed by atoms with E-state index in [0.29, 0.717) is 26.1 Å². The molecule has 0 N–H and O–H groups in total. The molecule has 0 saturated carbocycles. The van der Waals surface area contributed by atoms with Crippen LogP contribution in [-0.2, 0) is 22.7 Å². The van der Waals surface area contributed by atoms with Gasteiger partial charge in [-0.1, -0.05) is 11.8 Å². The molecule has 1 aliphatic heterocycles. The number of thiazole rings is 1. The molecule has 0 bridgehead atoms. The van der Waals surface area contributed by atoms with Gasteiger partial charge in [0, 0.05) is 40.4 Å². The first-order valence-corrected chi connectivity index (χ1v) is 11.1. The van der Waals surface area contributed by atoms with Gasteiger partial charge in [0.1, 0.15) is 12.4 Å². The highest BCUT2D eigenvalue weighted by Crippen LogP contribution is 2.37. The molecule has 0 atom stereocenters. The largest absolute Gasteiger partial charge is 0.467 e. The Balaban J connectivity index is 1.54. The van der Waals surface area contributed by atoms with E-state index in [-0.39, 0.29) is 36.9 Å². The van der Waals surface area contributed by atoms with E-state index in [2.05, 4.69) is 4.98 Å². The molecule has 11 nitrogen and oxygen atoms in total. The lowest BCUT2D eigenvalue weighted by atomic mass is 10.1. The van der Waals surface area contributed by atoms with E-state index in [1.807, 2.05) is 12.3 Å². The van der Waals surface area contributed by atoms with E-state index in [0.717, 1.165) is 23.5 Å². The number of nitro benzene ring substituents is 2. The Morgan fingerprint density at radius 2 is 2.06 bits per heavy atom. The van der Waals surface area contributed by atoms with Crippen molar-refractivity contribution in [3.63, 3.8) is 0 Å². The zero-order valence-corrected chi connectivity index (χ0v) is 18.6. The Hall–Kier alpha value is -3.55. The van der Waals surface area contributed by atoms with Gasteiger partial charge in [0.05, 0.1) is 26.9 Å². The lowest BCUT2D eigenvalue weighted by Gasteiger charge is -2.20. The Labute approximate surface area is 194 Å². The summed E-state index contributed by atoms with van der Waals surface area (Å²) in [6.07, 6.45) is 0. The highest BCUT2D eigenvalue weighted by molar-refractivity contribution is 8.01. The molecule has 2 aromatic carbocycles. The maximum absolute atomic E-state index is 12.6. The number of carbonyl (C=O) groups is 1. The highest BCUT2D eigenvalue weighted by atomic mass is 32.2. The number of rotatable bonds is 7. The Bertz CT molecular complexity index is 1260. The van der Waals surface area contributed by atoms with Crippen molar-refractivity contribution in [1.82, 2.24) is 4.98 Å². The van der Waals surface area contributed by atoms with Crippen molar-refractivity contribution in [3.05, 3.63) is 78.3 Å². The third kappa shape index (κ3) is 5.10. The van der Waals surface area contributed by atoms with Crippen LogP contribution < -0.4 is 4.74 Å². The molecule has 0 saturated heterocycles. The quantitative estimate of drug-likeness (QED) is 0.261. The zero-order chi connectivity index (χ0) is 23.5. The van der Waals surface area contributed by atoms with Crippen LogP contribution in [0.15, 0.2) is 44.9 Å². The number of fused-ring (bicyclic) bond motifs is 1. The number of carbonyl (C=O) groups excluding carboxylic acids is 1. The van der Waals surface area contributed by atoms with Gasteiger partial charge >= 0.3 is 5.97 Å². The van der Waals surface area contributed by atoms with Crippen LogP contribution >= 0.6 is 23.1 Å². The summed E-state index contributed by atoms with van der Waals surface area (Å²) < 4.78 is 16.5. The van der Waals surface area contributed by atoms with Crippen LogP contribution in [0.3, 0.4) is 0 Å². The molecule has 2 heterocycles. The minimum absolute atomic E-state index is 0.0232. The van der Waals surface area contributed by atoms with Gasteiger partial charge in [0.25, 0.3) is 11.4 Å². The topological polar surface area (TPSA) is 144 Å². The molecule has 4 rings (SSSR count). The summed E-state index contributed by atoms with van der Waals surface area (Å²) >= 11 is 2.50. The number of esters is 1. The molecule has 33 heavy (non-hydrogen) atoms. The second kappa shape index (κ2) is 9.52. The molecule has 1 aliphatic rings. The molecule has 0 unspecified atom stereocenters. The van der Waals surface area contributed by atoms with Crippen LogP contribution in [0.4, 0.5) is 11.4 Å². The zero-order valence-electron chi connectivity index (χ0n) is 17.0. The van der Waals surface area contributed by atoms with Crippen LogP contribution in [0.25, 0.3) is 0 Å². The summed E-state index contributed by atoms with van der Waals surface area (Å²) in [6, 6.07) is 6.62. The number of hydrogen-bond acceptors (Lipinski definition) is 11. The number of aryl methyl sites for hydroxylation is 1. The van der Waals surface area contributed by atoms with E-state index in [4.69, 9.17) is 14.2 Å². The van der Waals surface area contributed by atoms with E-state index in [1.54, 1.807) is 0 Å². The maximum atomic E-state index is 12.6. The molecule has 0 radical (unpaired) electrons. The first-order valence-electron chi connectivity index (χ1n) is 9.38. The summed E-state index contributed by atoms with van der Waals surface area (Å²) in [6.45, 7) is 1.60. The van der Waals surface area contributed by atoms with Crippen molar-refractivity contribution in [2.75, 3.05) is 6.79 Å². The van der Waals surface area contributed by atoms with Crippen LogP contribution in [0, 0.1) is 27.2 Å². The molecule has 1 aromatic heterocycles. The molecule has 13 heteroatoms. The van der Waals surface area contributed by atoms with Gasteiger partial charge in [-0.2, -0.15) is 0 Å². The smallest absolute Gasteiger partial charge is 0.338 e. The predicted octanol–water partition coefficient (Wildman–Crippen LogP) is 4.64. The van der Waals surface area contributed by atoms with E-state index >= 15 is 0 Å². The Morgan fingerprint density at radius 1 is 1.24 bits per heavy atom. The molecule has 0 amide bonds. The number of aromatic nitrogens is 1. The number of ether oxygens (including phenoxy) is 3. The van der Waals surface area contributed by atoms with E-state index in [9.17, 15) is 25.0 Å². The first kappa shape index (κ1) is 22.6. The van der Waals surface area contributed by atoms with Crippen molar-refractivity contribution in [3.8, 4) is 5.75 Å². The average Bonchev–Trinajstić information content (AvgIpc) is 3.21. The van der Waals surface area contributed by atoms with Crippen LogP contribution in [0.1, 0.15) is 27.2 Å². The van der Waals surface area contributed by atoms with Gasteiger partial charge in [-0.3, -0.25) is 20.2 Å². The minimum atomic E-state index is -0.813. The molecule has 170 valence electrons. The number of nitrogens with zero attached hydrogens (tertiary/aromatic N) is 3. The fourth-order valence-corrected chi connectivity index (χ4v) is 4.95.